The lowest BCUT2D eigenvalue weighted by molar-refractivity contribution is -0.136. The van der Waals surface area contributed by atoms with Gasteiger partial charge < -0.3 is 15.5 Å². The van der Waals surface area contributed by atoms with Crippen LogP contribution in [0, 0.1) is 0 Å². The minimum atomic E-state index is -0.979. The number of nitrogens with zero attached hydrogens (tertiary/aromatic N) is 3. The minimum absolute atomic E-state index is 0.0192. The number of nitrogens with two attached hydrogens (primary N) is 1. The number of hydrogen-bond donors (Lipinski definition) is 2. The third-order valence-electron chi connectivity index (χ3n) is 6.40. The molecular weight excluding hydrogens is 390 g/mol. The van der Waals surface area contributed by atoms with E-state index in [4.69, 9.17) is 5.73 Å². The number of piperazine rings is 1. The van der Waals surface area contributed by atoms with E-state index in [0.29, 0.717) is 26.1 Å². The topological polar surface area (TPSA) is 133 Å². The Morgan fingerprint density at radius 2 is 1.77 bits per heavy atom. The van der Waals surface area contributed by atoms with E-state index in [1.54, 1.807) is 18.2 Å². The van der Waals surface area contributed by atoms with Gasteiger partial charge in [0.05, 0.1) is 23.2 Å². The van der Waals surface area contributed by atoms with Crippen LogP contribution in [0.2, 0.25) is 0 Å². The maximum absolute atomic E-state index is 13.0. The first-order valence-electron chi connectivity index (χ1n) is 10.0. The summed E-state index contributed by atoms with van der Waals surface area (Å²) < 4.78 is 0. The summed E-state index contributed by atoms with van der Waals surface area (Å²) in [7, 11) is 0. The number of hydrogen-bond acceptors (Lipinski definition) is 7. The van der Waals surface area contributed by atoms with Crippen molar-refractivity contribution in [3.8, 4) is 0 Å². The lowest BCUT2D eigenvalue weighted by atomic mass is 10.0. The van der Waals surface area contributed by atoms with Crippen LogP contribution >= 0.6 is 0 Å². The van der Waals surface area contributed by atoms with Crippen molar-refractivity contribution in [2.75, 3.05) is 24.5 Å². The quantitative estimate of drug-likeness (QED) is 0.586. The predicted molar refractivity (Wildman–Crippen MR) is 103 cm³/mol. The standard InChI is InChI=1S/C20H21N5O5/c21-14-8-11-9-23(5-6-24(11)20(14)30)10-1-2-12-13(7-10)19(29)25(18(12)28)15-3-4-16(26)22-17(15)27/h1-2,7,11,14-15H,3-6,8-9,21H2,(H,22,26,27). The molecule has 5 rings (SSSR count). The number of fused-ring (bicyclic) bond motifs is 2. The number of amides is 5. The molecule has 3 atom stereocenters. The fourth-order valence-corrected chi connectivity index (χ4v) is 4.84. The second-order valence-electron chi connectivity index (χ2n) is 8.15. The van der Waals surface area contributed by atoms with Crippen LogP contribution in [-0.2, 0) is 14.4 Å². The third-order valence-corrected chi connectivity index (χ3v) is 6.40. The molecule has 0 aliphatic carbocycles. The molecule has 5 amide bonds. The second-order valence-corrected chi connectivity index (χ2v) is 8.15. The predicted octanol–water partition coefficient (Wildman–Crippen LogP) is -1.16. The molecule has 3 saturated heterocycles. The van der Waals surface area contributed by atoms with Gasteiger partial charge in [-0.3, -0.25) is 34.2 Å². The summed E-state index contributed by atoms with van der Waals surface area (Å²) in [6.45, 7) is 1.77. The molecule has 4 aliphatic heterocycles. The van der Waals surface area contributed by atoms with E-state index < -0.39 is 35.7 Å². The van der Waals surface area contributed by atoms with Crippen LogP contribution in [0.25, 0.3) is 0 Å². The molecule has 0 radical (unpaired) electrons. The van der Waals surface area contributed by atoms with Crippen LogP contribution in [0.4, 0.5) is 5.69 Å². The van der Waals surface area contributed by atoms with Gasteiger partial charge in [0.25, 0.3) is 11.8 Å². The molecule has 4 aliphatic rings. The van der Waals surface area contributed by atoms with Crippen molar-refractivity contribution in [3.05, 3.63) is 29.3 Å². The number of benzene rings is 1. The molecule has 1 aromatic carbocycles. The van der Waals surface area contributed by atoms with Crippen LogP contribution < -0.4 is 16.0 Å². The Labute approximate surface area is 171 Å². The fourth-order valence-electron chi connectivity index (χ4n) is 4.84. The van der Waals surface area contributed by atoms with Gasteiger partial charge in [0, 0.05) is 31.7 Å². The van der Waals surface area contributed by atoms with E-state index in [1.807, 2.05) is 4.90 Å². The van der Waals surface area contributed by atoms with E-state index in [0.717, 1.165) is 10.6 Å². The number of piperidine rings is 1. The van der Waals surface area contributed by atoms with E-state index in [9.17, 15) is 24.0 Å². The summed E-state index contributed by atoms with van der Waals surface area (Å²) in [6, 6.07) is 3.66. The SMILES string of the molecule is NC1CC2CN(c3ccc4c(c3)C(=O)N(C3CCC(=O)NC3=O)C4=O)CCN2C1=O. The number of nitrogens with one attached hydrogen (secondary N) is 1. The summed E-state index contributed by atoms with van der Waals surface area (Å²) >= 11 is 0. The van der Waals surface area contributed by atoms with Gasteiger partial charge in [0.15, 0.2) is 0 Å². The average molecular weight is 411 g/mol. The smallest absolute Gasteiger partial charge is 0.262 e. The highest BCUT2D eigenvalue weighted by Gasteiger charge is 2.45. The Morgan fingerprint density at radius 1 is 1.00 bits per heavy atom. The average Bonchev–Trinajstić information content (AvgIpc) is 3.15. The van der Waals surface area contributed by atoms with Gasteiger partial charge in [0.1, 0.15) is 6.04 Å². The van der Waals surface area contributed by atoms with E-state index >= 15 is 0 Å². The molecule has 0 spiro atoms. The summed E-state index contributed by atoms with van der Waals surface area (Å²) in [6.07, 6.45) is 0.809. The van der Waals surface area contributed by atoms with E-state index in [2.05, 4.69) is 10.2 Å². The molecule has 156 valence electrons. The van der Waals surface area contributed by atoms with Crippen molar-refractivity contribution in [2.45, 2.75) is 37.4 Å². The largest absolute Gasteiger partial charge is 0.368 e. The first-order chi connectivity index (χ1) is 14.3. The summed E-state index contributed by atoms with van der Waals surface area (Å²) in [4.78, 5) is 66.3. The lowest BCUT2D eigenvalue weighted by Crippen LogP contribution is -2.54. The van der Waals surface area contributed by atoms with Crippen molar-refractivity contribution in [3.63, 3.8) is 0 Å². The van der Waals surface area contributed by atoms with Gasteiger partial charge in [0.2, 0.25) is 17.7 Å². The molecule has 1 aromatic rings. The van der Waals surface area contributed by atoms with Crippen molar-refractivity contribution in [1.29, 1.82) is 0 Å². The maximum Gasteiger partial charge on any atom is 0.262 e. The Hall–Kier alpha value is -3.27. The van der Waals surface area contributed by atoms with Crippen molar-refractivity contribution >= 4 is 35.2 Å². The van der Waals surface area contributed by atoms with Gasteiger partial charge in [-0.15, -0.1) is 0 Å². The monoisotopic (exact) mass is 411 g/mol. The van der Waals surface area contributed by atoms with Gasteiger partial charge in [-0.25, -0.2) is 0 Å². The second kappa shape index (κ2) is 6.63. The number of carbonyl (C=O) groups excluding carboxylic acids is 5. The van der Waals surface area contributed by atoms with Crippen molar-refractivity contribution < 1.29 is 24.0 Å². The van der Waals surface area contributed by atoms with Crippen molar-refractivity contribution in [1.82, 2.24) is 15.1 Å². The Balaban J connectivity index is 1.38. The number of anilines is 1. The number of imide groups is 2. The van der Waals surface area contributed by atoms with Crippen LogP contribution in [0.3, 0.4) is 0 Å². The summed E-state index contributed by atoms with van der Waals surface area (Å²) in [5.41, 5.74) is 7.18. The molecular formula is C20H21N5O5. The molecule has 30 heavy (non-hydrogen) atoms. The highest BCUT2D eigenvalue weighted by molar-refractivity contribution is 6.23. The number of carbonyl (C=O) groups is 5. The molecule has 3 N–H and O–H groups in total. The maximum atomic E-state index is 13.0. The Bertz CT molecular complexity index is 1010. The third kappa shape index (κ3) is 2.71. The molecule has 0 bridgehead atoms. The highest BCUT2D eigenvalue weighted by Crippen LogP contribution is 2.32. The molecule has 4 heterocycles. The van der Waals surface area contributed by atoms with Crippen LogP contribution in [-0.4, -0.2) is 77.1 Å². The van der Waals surface area contributed by atoms with Gasteiger partial charge in [-0.05, 0) is 31.0 Å². The molecule has 10 heteroatoms. The van der Waals surface area contributed by atoms with Gasteiger partial charge in [-0.2, -0.15) is 0 Å². The van der Waals surface area contributed by atoms with Crippen molar-refractivity contribution in [2.24, 2.45) is 5.73 Å². The first-order valence-corrected chi connectivity index (χ1v) is 10.0. The van der Waals surface area contributed by atoms with E-state index in [-0.39, 0.29) is 35.9 Å². The Kier molecular flexibility index (Phi) is 4.14. The van der Waals surface area contributed by atoms with E-state index in [1.165, 1.54) is 0 Å². The fraction of sp³-hybridized carbons (Fsp3) is 0.450. The van der Waals surface area contributed by atoms with Crippen LogP contribution in [0.1, 0.15) is 40.0 Å². The lowest BCUT2D eigenvalue weighted by Gasteiger charge is -2.38. The zero-order valence-electron chi connectivity index (χ0n) is 16.2. The summed E-state index contributed by atoms with van der Waals surface area (Å²) in [5, 5.41) is 2.19. The van der Waals surface area contributed by atoms with Crippen LogP contribution in [0.15, 0.2) is 18.2 Å². The molecule has 10 nitrogen and oxygen atoms in total. The normalized spacial score (nSPS) is 28.8. The molecule has 0 aromatic heterocycles. The Morgan fingerprint density at radius 3 is 2.53 bits per heavy atom. The minimum Gasteiger partial charge on any atom is -0.368 e. The molecule has 3 fully saturated rings. The zero-order chi connectivity index (χ0) is 21.2. The van der Waals surface area contributed by atoms with Crippen LogP contribution in [0.5, 0.6) is 0 Å². The van der Waals surface area contributed by atoms with Gasteiger partial charge in [-0.1, -0.05) is 0 Å². The molecule has 0 saturated carbocycles. The summed E-state index contributed by atoms with van der Waals surface area (Å²) in [5.74, 6) is -2.09. The zero-order valence-corrected chi connectivity index (χ0v) is 16.2. The number of rotatable bonds is 2. The highest BCUT2D eigenvalue weighted by atomic mass is 16.2. The van der Waals surface area contributed by atoms with Gasteiger partial charge >= 0.3 is 0 Å². The molecule has 3 unspecified atom stereocenters. The first kappa shape index (κ1) is 18.7.